The summed E-state index contributed by atoms with van der Waals surface area (Å²) >= 11 is 0. The molecule has 1 aromatic heterocycles. The van der Waals surface area contributed by atoms with Crippen LogP contribution in [0.3, 0.4) is 0 Å². The van der Waals surface area contributed by atoms with Crippen molar-refractivity contribution in [3.63, 3.8) is 0 Å². The number of rotatable bonds is 8. The van der Waals surface area contributed by atoms with Crippen LogP contribution in [0, 0.1) is 5.82 Å². The van der Waals surface area contributed by atoms with Crippen molar-refractivity contribution >= 4 is 23.3 Å². The molecule has 1 fully saturated rings. The lowest BCUT2D eigenvalue weighted by Gasteiger charge is -2.33. The highest BCUT2D eigenvalue weighted by Gasteiger charge is 2.16. The largest absolute Gasteiger partial charge is 0.454 e. The minimum atomic E-state index is -0.435. The maximum absolute atomic E-state index is 14.6. The number of allylic oxidation sites excluding steroid dienone is 5. The molecule has 0 saturated carbocycles. The first-order valence-electron chi connectivity index (χ1n) is 11.5. The summed E-state index contributed by atoms with van der Waals surface area (Å²) in [6, 6.07) is 8.94. The van der Waals surface area contributed by atoms with Crippen molar-refractivity contribution in [1.29, 1.82) is 0 Å². The summed E-state index contributed by atoms with van der Waals surface area (Å²) < 4.78 is 20.7. The van der Waals surface area contributed by atoms with Gasteiger partial charge in [0.15, 0.2) is 11.6 Å². The Kier molecular flexibility index (Phi) is 8.99. The fourth-order valence-corrected chi connectivity index (χ4v) is 3.60. The fourth-order valence-electron chi connectivity index (χ4n) is 3.60. The normalized spacial score (nSPS) is 16.3. The second kappa shape index (κ2) is 12.1. The zero-order chi connectivity index (χ0) is 24.5. The van der Waals surface area contributed by atoms with Crippen molar-refractivity contribution in [1.82, 2.24) is 9.88 Å². The molecule has 0 atom stereocenters. The standard InChI is InChI=1S/C27H34FN5O/c1-6-21(22-7-10-27(31-19-22)33-15-13-32(5)14-16-33)17-26(20(2)11-12-29-3)34-25-9-8-23(30-4)18-24(25)28/h6-12,17-19,30H,13-16H2,1-5H3/b20-11+,21-6+,26-17+,29-12?. The zero-order valence-corrected chi connectivity index (χ0v) is 20.7. The molecule has 0 bridgehead atoms. The van der Waals surface area contributed by atoms with E-state index < -0.39 is 5.82 Å². The number of hydrogen-bond donors (Lipinski definition) is 1. The number of piperazine rings is 1. The Morgan fingerprint density at radius 2 is 1.94 bits per heavy atom. The van der Waals surface area contributed by atoms with E-state index >= 15 is 0 Å². The molecule has 6 nitrogen and oxygen atoms in total. The van der Waals surface area contributed by atoms with Crippen molar-refractivity contribution in [2.24, 2.45) is 4.99 Å². The van der Waals surface area contributed by atoms with Gasteiger partial charge in [0.25, 0.3) is 0 Å². The Labute approximate surface area is 202 Å². The number of benzene rings is 1. The lowest BCUT2D eigenvalue weighted by atomic mass is 10.0. The molecule has 0 amide bonds. The first-order valence-corrected chi connectivity index (χ1v) is 11.5. The molecular weight excluding hydrogens is 429 g/mol. The third-order valence-electron chi connectivity index (χ3n) is 5.81. The Morgan fingerprint density at radius 1 is 1.18 bits per heavy atom. The van der Waals surface area contributed by atoms with Gasteiger partial charge in [0.1, 0.15) is 11.6 Å². The van der Waals surface area contributed by atoms with E-state index in [-0.39, 0.29) is 5.75 Å². The number of nitrogens with zero attached hydrogens (tertiary/aromatic N) is 4. The number of nitrogens with one attached hydrogen (secondary N) is 1. The van der Waals surface area contributed by atoms with Crippen LogP contribution >= 0.6 is 0 Å². The van der Waals surface area contributed by atoms with Crippen LogP contribution in [0.15, 0.2) is 71.1 Å². The van der Waals surface area contributed by atoms with E-state index in [1.807, 2.05) is 38.3 Å². The minimum absolute atomic E-state index is 0.158. The highest BCUT2D eigenvalue weighted by Crippen LogP contribution is 2.28. The molecule has 7 heteroatoms. The van der Waals surface area contributed by atoms with E-state index in [0.29, 0.717) is 11.4 Å². The first kappa shape index (κ1) is 25.2. The molecule has 180 valence electrons. The van der Waals surface area contributed by atoms with Crippen LogP contribution in [0.5, 0.6) is 5.75 Å². The van der Waals surface area contributed by atoms with Crippen molar-refractivity contribution in [2.75, 3.05) is 57.5 Å². The predicted molar refractivity (Wildman–Crippen MR) is 140 cm³/mol. The summed E-state index contributed by atoms with van der Waals surface area (Å²) in [5, 5.41) is 2.93. The third kappa shape index (κ3) is 6.54. The van der Waals surface area contributed by atoms with E-state index in [0.717, 1.165) is 48.7 Å². The molecule has 3 rings (SSSR count). The Morgan fingerprint density at radius 3 is 2.53 bits per heavy atom. The number of pyridine rings is 1. The molecule has 1 aromatic carbocycles. The molecule has 1 aliphatic heterocycles. The number of hydrogen-bond acceptors (Lipinski definition) is 6. The lowest BCUT2D eigenvalue weighted by molar-refractivity contribution is 0.312. The monoisotopic (exact) mass is 463 g/mol. The van der Waals surface area contributed by atoms with Gasteiger partial charge in [-0.1, -0.05) is 6.08 Å². The summed E-state index contributed by atoms with van der Waals surface area (Å²) in [6.45, 7) is 7.88. The van der Waals surface area contributed by atoms with Gasteiger partial charge in [0.2, 0.25) is 0 Å². The topological polar surface area (TPSA) is 53.0 Å². The molecule has 1 N–H and O–H groups in total. The maximum Gasteiger partial charge on any atom is 0.167 e. The molecular formula is C27H34FN5O. The van der Waals surface area contributed by atoms with Crippen LogP contribution in [0.1, 0.15) is 19.4 Å². The van der Waals surface area contributed by atoms with Gasteiger partial charge in [0, 0.05) is 64.4 Å². The summed E-state index contributed by atoms with van der Waals surface area (Å²) in [7, 11) is 5.59. The second-order valence-corrected chi connectivity index (χ2v) is 8.20. The van der Waals surface area contributed by atoms with Gasteiger partial charge in [-0.2, -0.15) is 0 Å². The number of aliphatic imine (C=N–C) groups is 1. The number of halogens is 1. The summed E-state index contributed by atoms with van der Waals surface area (Å²) in [5.41, 5.74) is 3.40. The Balaban J connectivity index is 1.89. The summed E-state index contributed by atoms with van der Waals surface area (Å²) in [4.78, 5) is 13.4. The van der Waals surface area contributed by atoms with Crippen LogP contribution in [0.25, 0.3) is 5.57 Å². The van der Waals surface area contributed by atoms with E-state index in [1.165, 1.54) is 6.07 Å². The highest BCUT2D eigenvalue weighted by atomic mass is 19.1. The lowest BCUT2D eigenvalue weighted by Crippen LogP contribution is -2.44. The van der Waals surface area contributed by atoms with Crippen LogP contribution in [0.2, 0.25) is 0 Å². The number of aromatic nitrogens is 1. The van der Waals surface area contributed by atoms with Gasteiger partial charge in [-0.3, -0.25) is 4.99 Å². The van der Waals surface area contributed by atoms with Crippen molar-refractivity contribution < 1.29 is 9.13 Å². The zero-order valence-electron chi connectivity index (χ0n) is 20.7. The van der Waals surface area contributed by atoms with Gasteiger partial charge in [-0.05, 0) is 74.0 Å². The predicted octanol–water partition coefficient (Wildman–Crippen LogP) is 5.03. The van der Waals surface area contributed by atoms with Crippen molar-refractivity contribution in [3.05, 3.63) is 77.5 Å². The molecule has 0 radical (unpaired) electrons. The smallest absolute Gasteiger partial charge is 0.167 e. The fraction of sp³-hybridized carbons (Fsp3) is 0.333. The average molecular weight is 464 g/mol. The second-order valence-electron chi connectivity index (χ2n) is 8.20. The Bertz CT molecular complexity index is 1080. The van der Waals surface area contributed by atoms with E-state index in [9.17, 15) is 4.39 Å². The van der Waals surface area contributed by atoms with Gasteiger partial charge in [0.05, 0.1) is 0 Å². The van der Waals surface area contributed by atoms with Gasteiger partial charge < -0.3 is 19.9 Å². The van der Waals surface area contributed by atoms with Crippen LogP contribution < -0.4 is 15.0 Å². The van der Waals surface area contributed by atoms with E-state index in [4.69, 9.17) is 9.72 Å². The minimum Gasteiger partial charge on any atom is -0.454 e. The average Bonchev–Trinajstić information content (AvgIpc) is 2.86. The SMILES string of the molecule is C\C=C(/C=C(Oc1ccc(NC)cc1F)\C(C)=C\C=NC)c1ccc(N2CCN(C)CC2)nc1. The molecule has 0 spiro atoms. The molecule has 34 heavy (non-hydrogen) atoms. The number of ether oxygens (including phenoxy) is 1. The summed E-state index contributed by atoms with van der Waals surface area (Å²) in [5.74, 6) is 1.24. The number of anilines is 2. The van der Waals surface area contributed by atoms with E-state index in [2.05, 4.69) is 39.3 Å². The quantitative estimate of drug-likeness (QED) is 0.338. The van der Waals surface area contributed by atoms with Crippen LogP contribution in [-0.4, -0.2) is 63.4 Å². The van der Waals surface area contributed by atoms with Gasteiger partial charge >= 0.3 is 0 Å². The maximum atomic E-state index is 14.6. The first-order chi connectivity index (χ1) is 16.4. The third-order valence-corrected chi connectivity index (χ3v) is 5.81. The molecule has 0 unspecified atom stereocenters. The van der Waals surface area contributed by atoms with Crippen LogP contribution in [-0.2, 0) is 0 Å². The molecule has 1 saturated heterocycles. The number of likely N-dealkylation sites (N-methyl/N-ethyl adjacent to an activating group) is 1. The van der Waals surface area contributed by atoms with E-state index in [1.54, 1.807) is 32.4 Å². The highest BCUT2D eigenvalue weighted by molar-refractivity contribution is 5.77. The molecule has 1 aliphatic rings. The molecule has 2 aromatic rings. The molecule has 2 heterocycles. The Hall–Kier alpha value is -3.45. The van der Waals surface area contributed by atoms with Crippen LogP contribution in [0.4, 0.5) is 15.9 Å². The van der Waals surface area contributed by atoms with Gasteiger partial charge in [-0.25, -0.2) is 9.37 Å². The summed E-state index contributed by atoms with van der Waals surface area (Å²) in [6.07, 6.45) is 9.32. The van der Waals surface area contributed by atoms with Crippen molar-refractivity contribution in [2.45, 2.75) is 13.8 Å². The molecule has 0 aliphatic carbocycles. The van der Waals surface area contributed by atoms with Gasteiger partial charge in [-0.15, -0.1) is 0 Å². The van der Waals surface area contributed by atoms with Crippen molar-refractivity contribution in [3.8, 4) is 5.75 Å².